The highest BCUT2D eigenvalue weighted by molar-refractivity contribution is 5.95. The number of H-pyrrole nitrogens is 2. The molecule has 4 amide bonds. The summed E-state index contributed by atoms with van der Waals surface area (Å²) in [4.78, 5) is 73.3. The van der Waals surface area contributed by atoms with E-state index in [4.69, 9.17) is 11.5 Å². The molecular weight excluding hydrogens is 568 g/mol. The minimum absolute atomic E-state index is 0.0136. The molecule has 0 aliphatic rings. The minimum atomic E-state index is -1.31. The van der Waals surface area contributed by atoms with Gasteiger partial charge in [0, 0.05) is 48.3 Å². The fourth-order valence-corrected chi connectivity index (χ4v) is 4.74. The van der Waals surface area contributed by atoms with Crippen molar-refractivity contribution >= 4 is 40.5 Å². The maximum absolute atomic E-state index is 13.6. The quantitative estimate of drug-likeness (QED) is 0.0893. The Morgan fingerprint density at radius 2 is 1.43 bits per heavy atom. The number of nitrogens with zero attached hydrogens (tertiary/aromatic N) is 1. The fraction of sp³-hybridized carbons (Fsp3) is 0.267. The van der Waals surface area contributed by atoms with Crippen LogP contribution in [0.25, 0.3) is 10.9 Å². The van der Waals surface area contributed by atoms with Crippen LogP contribution in [0.5, 0.6) is 0 Å². The molecule has 0 aliphatic heterocycles. The van der Waals surface area contributed by atoms with Gasteiger partial charge < -0.3 is 42.5 Å². The van der Waals surface area contributed by atoms with Crippen LogP contribution in [0, 0.1) is 0 Å². The van der Waals surface area contributed by atoms with E-state index in [1.54, 1.807) is 36.5 Å². The summed E-state index contributed by atoms with van der Waals surface area (Å²) in [6, 6.07) is 11.2. The van der Waals surface area contributed by atoms with Crippen LogP contribution in [0.2, 0.25) is 0 Å². The van der Waals surface area contributed by atoms with Crippen molar-refractivity contribution in [2.24, 2.45) is 11.5 Å². The molecule has 10 N–H and O–H groups in total. The van der Waals surface area contributed by atoms with Crippen LogP contribution in [-0.2, 0) is 43.2 Å². The van der Waals surface area contributed by atoms with Crippen LogP contribution in [0.3, 0.4) is 0 Å². The Labute approximate surface area is 252 Å². The summed E-state index contributed by atoms with van der Waals surface area (Å²) in [7, 11) is 0. The summed E-state index contributed by atoms with van der Waals surface area (Å²) in [5.41, 5.74) is 13.7. The van der Waals surface area contributed by atoms with Gasteiger partial charge in [0.25, 0.3) is 0 Å². The fourth-order valence-electron chi connectivity index (χ4n) is 4.74. The van der Waals surface area contributed by atoms with E-state index in [0.29, 0.717) is 16.8 Å². The van der Waals surface area contributed by atoms with Gasteiger partial charge in [-0.1, -0.05) is 48.5 Å². The molecule has 0 radical (unpaired) electrons. The predicted molar refractivity (Wildman–Crippen MR) is 160 cm³/mol. The number of aliphatic carboxylic acids is 1. The van der Waals surface area contributed by atoms with E-state index in [-0.39, 0.29) is 19.3 Å². The summed E-state index contributed by atoms with van der Waals surface area (Å²) >= 11 is 0. The largest absolute Gasteiger partial charge is 0.480 e. The van der Waals surface area contributed by atoms with Crippen molar-refractivity contribution in [1.82, 2.24) is 30.9 Å². The number of nitrogens with two attached hydrogens (primary N) is 2. The number of fused-ring (bicyclic) bond motifs is 1. The second kappa shape index (κ2) is 14.6. The zero-order valence-corrected chi connectivity index (χ0v) is 23.7. The molecule has 44 heavy (non-hydrogen) atoms. The lowest BCUT2D eigenvalue weighted by Crippen LogP contribution is -2.58. The van der Waals surface area contributed by atoms with Crippen LogP contribution < -0.4 is 27.4 Å². The molecule has 2 heterocycles. The van der Waals surface area contributed by atoms with Crippen LogP contribution >= 0.6 is 0 Å². The normalized spacial score (nSPS) is 13.8. The molecule has 0 fully saturated rings. The third-order valence-electron chi connectivity index (χ3n) is 7.00. The zero-order valence-electron chi connectivity index (χ0n) is 23.7. The highest BCUT2D eigenvalue weighted by atomic mass is 16.4. The van der Waals surface area contributed by atoms with Crippen molar-refractivity contribution in [3.8, 4) is 0 Å². The maximum atomic E-state index is 13.6. The number of primary amides is 1. The number of para-hydroxylation sites is 1. The number of hydrogen-bond acceptors (Lipinski definition) is 7. The van der Waals surface area contributed by atoms with Gasteiger partial charge in [-0.25, -0.2) is 9.78 Å². The van der Waals surface area contributed by atoms with E-state index >= 15 is 0 Å². The van der Waals surface area contributed by atoms with Gasteiger partial charge in [-0.2, -0.15) is 0 Å². The van der Waals surface area contributed by atoms with Gasteiger partial charge in [0.15, 0.2) is 0 Å². The van der Waals surface area contributed by atoms with Gasteiger partial charge in [0.2, 0.25) is 23.6 Å². The van der Waals surface area contributed by atoms with E-state index < -0.39 is 60.2 Å². The molecule has 4 atom stereocenters. The Morgan fingerprint density at radius 1 is 0.795 bits per heavy atom. The zero-order chi connectivity index (χ0) is 31.6. The number of rotatable bonds is 15. The molecule has 2 aromatic carbocycles. The average molecular weight is 603 g/mol. The van der Waals surface area contributed by atoms with Crippen LogP contribution in [0.4, 0.5) is 0 Å². The Kier molecular flexibility index (Phi) is 10.4. The summed E-state index contributed by atoms with van der Waals surface area (Å²) in [6.45, 7) is 0. The van der Waals surface area contributed by atoms with Gasteiger partial charge >= 0.3 is 5.97 Å². The van der Waals surface area contributed by atoms with Crippen LogP contribution in [-0.4, -0.2) is 73.8 Å². The van der Waals surface area contributed by atoms with Gasteiger partial charge in [-0.3, -0.25) is 19.2 Å². The first kappa shape index (κ1) is 31.4. The molecule has 4 aromatic rings. The Balaban J connectivity index is 1.54. The average Bonchev–Trinajstić information content (AvgIpc) is 3.66. The number of benzene rings is 2. The number of nitrogens with one attached hydrogen (secondary N) is 5. The molecule has 4 unspecified atom stereocenters. The monoisotopic (exact) mass is 602 g/mol. The van der Waals surface area contributed by atoms with E-state index in [1.807, 2.05) is 24.3 Å². The van der Waals surface area contributed by atoms with Crippen molar-refractivity contribution < 1.29 is 29.1 Å². The smallest absolute Gasteiger partial charge is 0.326 e. The molecule has 14 nitrogen and oxygen atoms in total. The van der Waals surface area contributed by atoms with E-state index in [9.17, 15) is 29.1 Å². The number of carbonyl (C=O) groups excluding carboxylic acids is 4. The summed E-state index contributed by atoms with van der Waals surface area (Å²) < 4.78 is 0. The molecule has 0 bridgehead atoms. The molecule has 0 saturated heterocycles. The Morgan fingerprint density at radius 3 is 2.09 bits per heavy atom. The number of carboxylic acid groups (broad SMARTS) is 1. The van der Waals surface area contributed by atoms with Gasteiger partial charge in [-0.05, 0) is 17.2 Å². The third kappa shape index (κ3) is 8.51. The number of hydrogen-bond donors (Lipinski definition) is 8. The van der Waals surface area contributed by atoms with E-state index in [0.717, 1.165) is 10.9 Å². The number of aromatic amines is 2. The molecule has 0 aliphatic carbocycles. The standard InChI is InChI=1S/C30H34N8O6/c31-21(13-26(32)39)27(40)36-23(10-17-6-2-1-3-7-17)28(41)37-24(12-19-15-33-16-35-19)29(42)38-25(30(43)44)11-18-14-34-22-9-5-4-8-20(18)22/h1-9,14-16,21,23-25,34H,10-13,31H2,(H2,32,39)(H,33,35)(H,36,40)(H,37,41)(H,38,42)(H,43,44). The number of aromatic nitrogens is 3. The first-order valence-corrected chi connectivity index (χ1v) is 13.8. The predicted octanol–water partition coefficient (Wildman–Crippen LogP) is -0.339. The number of carbonyl (C=O) groups is 5. The van der Waals surface area contributed by atoms with Crippen molar-refractivity contribution in [3.63, 3.8) is 0 Å². The van der Waals surface area contributed by atoms with Crippen LogP contribution in [0.1, 0.15) is 23.2 Å². The Hall–Kier alpha value is -5.50. The number of carboxylic acids is 1. The molecule has 4 rings (SSSR count). The first-order valence-electron chi connectivity index (χ1n) is 13.8. The molecular formula is C30H34N8O6. The lowest BCUT2D eigenvalue weighted by molar-refractivity contribution is -0.142. The van der Waals surface area contributed by atoms with E-state index in [2.05, 4.69) is 30.9 Å². The first-order chi connectivity index (χ1) is 21.1. The second-order valence-electron chi connectivity index (χ2n) is 10.3. The highest BCUT2D eigenvalue weighted by Crippen LogP contribution is 2.19. The highest BCUT2D eigenvalue weighted by Gasteiger charge is 2.31. The number of imidazole rings is 1. The summed E-state index contributed by atoms with van der Waals surface area (Å²) in [5, 5.41) is 18.5. The third-order valence-corrected chi connectivity index (χ3v) is 7.00. The summed E-state index contributed by atoms with van der Waals surface area (Å²) in [6.07, 6.45) is 4.11. The topological polar surface area (TPSA) is 238 Å². The van der Waals surface area contributed by atoms with Crippen molar-refractivity contribution in [1.29, 1.82) is 0 Å². The molecule has 230 valence electrons. The van der Waals surface area contributed by atoms with Crippen LogP contribution in [0.15, 0.2) is 73.3 Å². The summed E-state index contributed by atoms with van der Waals surface area (Å²) in [5.74, 6) is -4.30. The van der Waals surface area contributed by atoms with Crippen molar-refractivity contribution in [2.45, 2.75) is 49.9 Å². The molecule has 2 aromatic heterocycles. The Bertz CT molecular complexity index is 1600. The van der Waals surface area contributed by atoms with E-state index in [1.165, 1.54) is 12.5 Å². The molecule has 14 heteroatoms. The van der Waals surface area contributed by atoms with Crippen molar-refractivity contribution in [2.75, 3.05) is 0 Å². The minimum Gasteiger partial charge on any atom is -0.480 e. The SMILES string of the molecule is NC(=O)CC(N)C(=O)NC(Cc1ccccc1)C(=O)NC(Cc1cnc[nH]1)C(=O)NC(Cc1c[nH]c2ccccc12)C(=O)O. The lowest BCUT2D eigenvalue weighted by atomic mass is 10.0. The van der Waals surface area contributed by atoms with Gasteiger partial charge in [0.1, 0.15) is 18.1 Å². The van der Waals surface area contributed by atoms with Gasteiger partial charge in [0.05, 0.1) is 18.8 Å². The van der Waals surface area contributed by atoms with Crippen molar-refractivity contribution in [3.05, 3.63) is 90.1 Å². The number of amides is 4. The molecule has 0 saturated carbocycles. The second-order valence-corrected chi connectivity index (χ2v) is 10.3. The lowest BCUT2D eigenvalue weighted by Gasteiger charge is -2.25. The van der Waals surface area contributed by atoms with Gasteiger partial charge in [-0.15, -0.1) is 0 Å². The molecule has 0 spiro atoms. The maximum Gasteiger partial charge on any atom is 0.326 e.